The van der Waals surface area contributed by atoms with Crippen molar-refractivity contribution in [1.29, 1.82) is 0 Å². The molecule has 0 radical (unpaired) electrons. The average molecular weight is 579 g/mol. The first-order valence-electron chi connectivity index (χ1n) is 13.3. The number of rotatable bonds is 6. The third-order valence-electron chi connectivity index (χ3n) is 6.97. The lowest BCUT2D eigenvalue weighted by atomic mass is 9.87. The summed E-state index contributed by atoms with van der Waals surface area (Å²) < 4.78 is 36.3. The fraction of sp³-hybridized carbons (Fsp3) is 0.323. The lowest BCUT2D eigenvalue weighted by molar-refractivity contribution is -0.123. The lowest BCUT2D eigenvalue weighted by Gasteiger charge is -2.25. The van der Waals surface area contributed by atoms with Crippen LogP contribution in [0.2, 0.25) is 0 Å². The topological polar surface area (TPSA) is 80.4 Å². The molecule has 1 atom stereocenters. The predicted molar refractivity (Wildman–Crippen MR) is 155 cm³/mol. The van der Waals surface area contributed by atoms with Gasteiger partial charge in [-0.25, -0.2) is 13.5 Å². The van der Waals surface area contributed by atoms with E-state index in [1.165, 1.54) is 35.1 Å². The van der Waals surface area contributed by atoms with Crippen LogP contribution in [0.3, 0.4) is 0 Å². The number of aryl methyl sites for hydroxylation is 2. The van der Waals surface area contributed by atoms with Gasteiger partial charge in [0.25, 0.3) is 0 Å². The van der Waals surface area contributed by atoms with E-state index < -0.39 is 22.3 Å². The average Bonchev–Trinajstić information content (AvgIpc) is 3.53. The van der Waals surface area contributed by atoms with Crippen molar-refractivity contribution in [3.63, 3.8) is 0 Å². The smallest absolute Gasteiger partial charge is 0.240 e. The van der Waals surface area contributed by atoms with Crippen LogP contribution in [0, 0.1) is 25.5 Å². The Morgan fingerprint density at radius 2 is 1.93 bits per heavy atom. The standard InChI is InChI=1S/C31H32F2N4O3S/c1-18-8-11-24(19(2)13-18)37-30-27(29(35-37)31(3,4)5)28(22-10-9-20(32)14-23(22)33)41-17-26(39)36(30)16-25(38)34-15-21-7-6-12-40-21/h6-14,28H,15-17H2,1-5H3,(H,34,38). The number of hydrogen-bond acceptors (Lipinski definition) is 5. The molecule has 3 heterocycles. The van der Waals surface area contributed by atoms with Gasteiger partial charge in [0, 0.05) is 22.6 Å². The highest BCUT2D eigenvalue weighted by atomic mass is 32.2. The summed E-state index contributed by atoms with van der Waals surface area (Å²) in [6.07, 6.45) is 1.52. The number of amides is 2. The lowest BCUT2D eigenvalue weighted by Crippen LogP contribution is -2.42. The highest BCUT2D eigenvalue weighted by molar-refractivity contribution is 8.00. The molecule has 5 rings (SSSR count). The van der Waals surface area contributed by atoms with Crippen LogP contribution < -0.4 is 10.2 Å². The Labute approximate surface area is 241 Å². The normalized spacial score (nSPS) is 15.5. The van der Waals surface area contributed by atoms with E-state index >= 15 is 4.39 Å². The number of carbonyl (C=O) groups excluding carboxylic acids is 2. The summed E-state index contributed by atoms with van der Waals surface area (Å²) in [5.41, 5.74) is 3.74. The van der Waals surface area contributed by atoms with Gasteiger partial charge >= 0.3 is 0 Å². The summed E-state index contributed by atoms with van der Waals surface area (Å²) in [5, 5.41) is 7.18. The molecule has 1 aliphatic rings. The van der Waals surface area contributed by atoms with Crippen LogP contribution in [0.5, 0.6) is 0 Å². The van der Waals surface area contributed by atoms with Crippen LogP contribution >= 0.6 is 11.8 Å². The Morgan fingerprint density at radius 1 is 1.15 bits per heavy atom. The molecule has 0 saturated carbocycles. The first-order chi connectivity index (χ1) is 19.4. The van der Waals surface area contributed by atoms with Gasteiger partial charge in [-0.3, -0.25) is 14.5 Å². The number of hydrogen-bond donors (Lipinski definition) is 1. The summed E-state index contributed by atoms with van der Waals surface area (Å²) in [6.45, 7) is 9.84. The molecule has 2 aromatic carbocycles. The van der Waals surface area contributed by atoms with E-state index in [0.717, 1.165) is 22.9 Å². The Morgan fingerprint density at radius 3 is 2.59 bits per heavy atom. The van der Waals surface area contributed by atoms with Crippen LogP contribution in [0.15, 0.2) is 59.2 Å². The van der Waals surface area contributed by atoms with Crippen molar-refractivity contribution in [3.05, 3.63) is 100 Å². The molecule has 214 valence electrons. The Balaban J connectivity index is 1.71. The molecule has 2 aromatic heterocycles. The molecule has 1 unspecified atom stereocenters. The number of benzene rings is 2. The number of thioether (sulfide) groups is 1. The molecule has 0 bridgehead atoms. The summed E-state index contributed by atoms with van der Waals surface area (Å²) in [7, 11) is 0. The number of furan rings is 1. The molecule has 1 N–H and O–H groups in total. The highest BCUT2D eigenvalue weighted by Gasteiger charge is 2.40. The van der Waals surface area contributed by atoms with E-state index in [1.807, 2.05) is 52.8 Å². The van der Waals surface area contributed by atoms with Crippen LogP contribution in [0.25, 0.3) is 5.69 Å². The summed E-state index contributed by atoms with van der Waals surface area (Å²) in [6, 6.07) is 12.9. The molecular formula is C31H32F2N4O3S. The Hall–Kier alpha value is -3.92. The van der Waals surface area contributed by atoms with E-state index in [0.29, 0.717) is 22.8 Å². The van der Waals surface area contributed by atoms with Crippen molar-refractivity contribution in [2.45, 2.75) is 51.8 Å². The Kier molecular flexibility index (Phi) is 7.78. The minimum absolute atomic E-state index is 0.0158. The second-order valence-electron chi connectivity index (χ2n) is 11.2. The zero-order valence-corrected chi connectivity index (χ0v) is 24.4. The largest absolute Gasteiger partial charge is 0.467 e. The predicted octanol–water partition coefficient (Wildman–Crippen LogP) is 6.14. The maximum absolute atomic E-state index is 15.3. The number of nitrogens with zero attached hydrogens (tertiary/aromatic N) is 3. The van der Waals surface area contributed by atoms with Crippen molar-refractivity contribution >= 4 is 29.4 Å². The molecule has 10 heteroatoms. The van der Waals surface area contributed by atoms with Crippen LogP contribution in [-0.4, -0.2) is 33.9 Å². The van der Waals surface area contributed by atoms with E-state index in [4.69, 9.17) is 9.52 Å². The van der Waals surface area contributed by atoms with Gasteiger partial charge in [-0.15, -0.1) is 11.8 Å². The van der Waals surface area contributed by atoms with Crippen molar-refractivity contribution in [2.24, 2.45) is 0 Å². The highest BCUT2D eigenvalue weighted by Crippen LogP contribution is 2.49. The maximum Gasteiger partial charge on any atom is 0.240 e. The maximum atomic E-state index is 15.3. The third kappa shape index (κ3) is 5.79. The molecular weight excluding hydrogens is 546 g/mol. The number of fused-ring (bicyclic) bond motifs is 1. The van der Waals surface area contributed by atoms with Gasteiger partial charge in [0.15, 0.2) is 0 Å². The zero-order chi connectivity index (χ0) is 29.5. The molecule has 41 heavy (non-hydrogen) atoms. The van der Waals surface area contributed by atoms with Crippen LogP contribution in [0.1, 0.15) is 59.7 Å². The number of nitrogens with one attached hydrogen (secondary N) is 1. The molecule has 0 fully saturated rings. The van der Waals surface area contributed by atoms with Gasteiger partial charge in [0.2, 0.25) is 11.8 Å². The van der Waals surface area contributed by atoms with E-state index in [1.54, 1.807) is 16.8 Å². The molecule has 0 aliphatic carbocycles. The zero-order valence-electron chi connectivity index (χ0n) is 23.6. The van der Waals surface area contributed by atoms with Crippen LogP contribution in [-0.2, 0) is 21.5 Å². The van der Waals surface area contributed by atoms with Gasteiger partial charge in [0.05, 0.1) is 35.2 Å². The minimum atomic E-state index is -0.704. The van der Waals surface area contributed by atoms with Crippen molar-refractivity contribution in [1.82, 2.24) is 15.1 Å². The molecule has 0 saturated heterocycles. The number of anilines is 1. The van der Waals surface area contributed by atoms with Gasteiger partial charge in [-0.2, -0.15) is 5.10 Å². The third-order valence-corrected chi connectivity index (χ3v) is 8.20. The Bertz CT molecular complexity index is 1610. The fourth-order valence-corrected chi connectivity index (χ4v) is 6.26. The van der Waals surface area contributed by atoms with Crippen molar-refractivity contribution in [2.75, 3.05) is 17.2 Å². The van der Waals surface area contributed by atoms with E-state index in [9.17, 15) is 14.0 Å². The first kappa shape index (κ1) is 28.6. The van der Waals surface area contributed by atoms with E-state index in [-0.39, 0.29) is 36.2 Å². The molecule has 2 amide bonds. The first-order valence-corrected chi connectivity index (χ1v) is 14.4. The van der Waals surface area contributed by atoms with E-state index in [2.05, 4.69) is 5.32 Å². The minimum Gasteiger partial charge on any atom is -0.467 e. The number of carbonyl (C=O) groups is 2. The van der Waals surface area contributed by atoms with Crippen molar-refractivity contribution < 1.29 is 22.8 Å². The SMILES string of the molecule is Cc1ccc(-n2nc(C(C)(C)C)c3c2N(CC(=O)NCc2ccco2)C(=O)CSC3c2ccc(F)cc2F)c(C)c1. The van der Waals surface area contributed by atoms with Crippen LogP contribution in [0.4, 0.5) is 14.6 Å². The van der Waals surface area contributed by atoms with Gasteiger partial charge in [-0.05, 0) is 43.7 Å². The molecule has 0 spiro atoms. The molecule has 7 nitrogen and oxygen atoms in total. The molecule has 1 aliphatic heterocycles. The van der Waals surface area contributed by atoms with Gasteiger partial charge in [0.1, 0.15) is 29.8 Å². The van der Waals surface area contributed by atoms with Gasteiger partial charge < -0.3 is 9.73 Å². The fourth-order valence-electron chi connectivity index (χ4n) is 5.04. The van der Waals surface area contributed by atoms with Crippen molar-refractivity contribution in [3.8, 4) is 5.69 Å². The summed E-state index contributed by atoms with van der Waals surface area (Å²) >= 11 is 1.24. The summed E-state index contributed by atoms with van der Waals surface area (Å²) in [5.74, 6) is -1.12. The number of aromatic nitrogens is 2. The second-order valence-corrected chi connectivity index (χ2v) is 12.3. The summed E-state index contributed by atoms with van der Waals surface area (Å²) in [4.78, 5) is 28.4. The number of halogens is 2. The quantitative estimate of drug-likeness (QED) is 0.297. The van der Waals surface area contributed by atoms with Gasteiger partial charge in [-0.1, -0.05) is 44.5 Å². The second kappa shape index (κ2) is 11.2. The monoisotopic (exact) mass is 578 g/mol. The molecule has 4 aromatic rings.